The van der Waals surface area contributed by atoms with E-state index in [4.69, 9.17) is 10.5 Å². The quantitative estimate of drug-likeness (QED) is 0.485. The molecule has 0 radical (unpaired) electrons. The highest BCUT2D eigenvalue weighted by molar-refractivity contribution is 7.99. The van der Waals surface area contributed by atoms with Crippen molar-refractivity contribution in [1.29, 1.82) is 0 Å². The third-order valence-corrected chi connectivity index (χ3v) is 3.98. The summed E-state index contributed by atoms with van der Waals surface area (Å²) in [6.45, 7) is 1.95. The lowest BCUT2D eigenvalue weighted by molar-refractivity contribution is -0.115. The van der Waals surface area contributed by atoms with Crippen molar-refractivity contribution in [3.05, 3.63) is 42.1 Å². The van der Waals surface area contributed by atoms with Gasteiger partial charge in [-0.2, -0.15) is 0 Å². The number of amides is 1. The lowest BCUT2D eigenvalue weighted by Gasteiger charge is -2.16. The molecule has 2 N–H and O–H groups in total. The van der Waals surface area contributed by atoms with Gasteiger partial charge in [-0.1, -0.05) is 30.0 Å². The molecule has 1 aromatic heterocycles. The number of nitrogens with two attached hydrogens (primary N) is 1. The molecule has 126 valence electrons. The summed E-state index contributed by atoms with van der Waals surface area (Å²) in [6, 6.07) is 9.32. The monoisotopic (exact) mass is 346 g/mol. The molecule has 0 aliphatic rings. The normalized spacial score (nSPS) is 10.2. The van der Waals surface area contributed by atoms with Crippen LogP contribution in [0.4, 0.5) is 11.5 Å². The molecule has 8 heteroatoms. The minimum absolute atomic E-state index is 0.0369. The summed E-state index contributed by atoms with van der Waals surface area (Å²) in [6.07, 6.45) is 1.31. The van der Waals surface area contributed by atoms with Crippen molar-refractivity contribution in [2.45, 2.75) is 12.1 Å². The fourth-order valence-corrected chi connectivity index (χ4v) is 2.57. The molecule has 0 unspecified atom stereocenters. The Kier molecular flexibility index (Phi) is 6.14. The molecule has 0 saturated carbocycles. The summed E-state index contributed by atoms with van der Waals surface area (Å²) in [5, 5.41) is 0.329. The Hall–Kier alpha value is -2.61. The fourth-order valence-electron chi connectivity index (χ4n) is 1.83. The number of para-hydroxylation sites is 1. The lowest BCUT2D eigenvalue weighted by Crippen LogP contribution is -2.27. The molecule has 0 fully saturated rings. The van der Waals surface area contributed by atoms with Crippen LogP contribution in [0.25, 0.3) is 0 Å². The highest BCUT2D eigenvalue weighted by atomic mass is 32.2. The van der Waals surface area contributed by atoms with E-state index in [0.29, 0.717) is 5.16 Å². The molecule has 0 saturated heterocycles. The molecule has 2 rings (SSSR count). The lowest BCUT2D eigenvalue weighted by atomic mass is 10.3. The van der Waals surface area contributed by atoms with Crippen molar-refractivity contribution in [1.82, 2.24) is 9.97 Å². The van der Waals surface area contributed by atoms with Crippen LogP contribution in [0.5, 0.6) is 0 Å². The van der Waals surface area contributed by atoms with Crippen LogP contribution in [0.15, 0.2) is 41.7 Å². The van der Waals surface area contributed by atoms with Crippen LogP contribution < -0.4 is 10.6 Å². The maximum Gasteiger partial charge on any atom is 0.343 e. The van der Waals surface area contributed by atoms with Crippen LogP contribution in [-0.2, 0) is 9.53 Å². The standard InChI is InChI=1S/C16H18N4O3S/c1-3-23-15(22)12-9-18-16(19-14(12)17)24-10-13(21)20(2)11-7-5-4-6-8-11/h4-9H,3,10H2,1-2H3,(H2,17,18,19). The first-order valence-electron chi connectivity index (χ1n) is 7.27. The number of aromatic nitrogens is 2. The summed E-state index contributed by atoms with van der Waals surface area (Å²) in [4.78, 5) is 33.5. The van der Waals surface area contributed by atoms with Crippen LogP contribution in [-0.4, -0.2) is 41.3 Å². The van der Waals surface area contributed by atoms with Crippen molar-refractivity contribution in [3.8, 4) is 0 Å². The van der Waals surface area contributed by atoms with Gasteiger partial charge in [0.1, 0.15) is 11.4 Å². The highest BCUT2D eigenvalue weighted by Crippen LogP contribution is 2.19. The van der Waals surface area contributed by atoms with E-state index in [1.54, 1.807) is 18.9 Å². The van der Waals surface area contributed by atoms with Gasteiger partial charge in [0.05, 0.1) is 12.4 Å². The highest BCUT2D eigenvalue weighted by Gasteiger charge is 2.16. The van der Waals surface area contributed by atoms with Gasteiger partial charge >= 0.3 is 5.97 Å². The summed E-state index contributed by atoms with van der Waals surface area (Å²) >= 11 is 1.15. The number of rotatable bonds is 6. The zero-order valence-corrected chi connectivity index (χ0v) is 14.2. The molecule has 1 amide bonds. The Labute approximate surface area is 144 Å². The molecule has 24 heavy (non-hydrogen) atoms. The van der Waals surface area contributed by atoms with Gasteiger partial charge in [-0.3, -0.25) is 4.79 Å². The summed E-state index contributed by atoms with van der Waals surface area (Å²) in [5.41, 5.74) is 6.68. The SMILES string of the molecule is CCOC(=O)c1cnc(SCC(=O)N(C)c2ccccc2)nc1N. The zero-order valence-electron chi connectivity index (χ0n) is 13.4. The Bertz CT molecular complexity index is 725. The number of nitrogens with zero attached hydrogens (tertiary/aromatic N) is 3. The first-order valence-corrected chi connectivity index (χ1v) is 8.25. The van der Waals surface area contributed by atoms with Crippen LogP contribution in [0.1, 0.15) is 17.3 Å². The van der Waals surface area contributed by atoms with Crippen LogP contribution in [0.2, 0.25) is 0 Å². The van der Waals surface area contributed by atoms with Crippen LogP contribution in [0, 0.1) is 0 Å². The number of carbonyl (C=O) groups excluding carboxylic acids is 2. The predicted octanol–water partition coefficient (Wildman–Crippen LogP) is 1.99. The maximum absolute atomic E-state index is 12.2. The number of thioether (sulfide) groups is 1. The predicted molar refractivity (Wildman–Crippen MR) is 93.0 cm³/mol. The summed E-state index contributed by atoms with van der Waals surface area (Å²) in [7, 11) is 1.71. The van der Waals surface area contributed by atoms with Crippen molar-refractivity contribution in [2.24, 2.45) is 0 Å². The van der Waals surface area contributed by atoms with Crippen molar-refractivity contribution >= 4 is 35.1 Å². The second-order valence-electron chi connectivity index (χ2n) is 4.75. The van der Waals surface area contributed by atoms with E-state index in [1.165, 1.54) is 6.20 Å². The summed E-state index contributed by atoms with van der Waals surface area (Å²) < 4.78 is 4.86. The first-order chi connectivity index (χ1) is 11.5. The minimum Gasteiger partial charge on any atom is -0.462 e. The number of hydrogen-bond acceptors (Lipinski definition) is 7. The number of hydrogen-bond donors (Lipinski definition) is 1. The largest absolute Gasteiger partial charge is 0.462 e. The molecule has 0 aliphatic heterocycles. The number of ether oxygens (including phenoxy) is 1. The maximum atomic E-state index is 12.2. The van der Waals surface area contributed by atoms with Gasteiger partial charge < -0.3 is 15.4 Å². The molecule has 0 aliphatic carbocycles. The minimum atomic E-state index is -0.563. The van der Waals surface area contributed by atoms with Gasteiger partial charge in [0, 0.05) is 18.9 Å². The molecule has 0 bridgehead atoms. The molecule has 0 atom stereocenters. The molecular formula is C16H18N4O3S. The van der Waals surface area contributed by atoms with E-state index in [-0.39, 0.29) is 29.6 Å². The second kappa shape index (κ2) is 8.30. The van der Waals surface area contributed by atoms with Gasteiger partial charge in [0.2, 0.25) is 5.91 Å². The number of benzene rings is 1. The third-order valence-electron chi connectivity index (χ3n) is 3.13. The molecule has 1 aromatic carbocycles. The number of carbonyl (C=O) groups is 2. The van der Waals surface area contributed by atoms with Gasteiger partial charge in [-0.25, -0.2) is 14.8 Å². The Morgan fingerprint density at radius 3 is 2.62 bits per heavy atom. The molecule has 7 nitrogen and oxygen atoms in total. The topological polar surface area (TPSA) is 98.4 Å². The van der Waals surface area contributed by atoms with Gasteiger partial charge in [-0.15, -0.1) is 0 Å². The van der Waals surface area contributed by atoms with E-state index in [1.807, 2.05) is 30.3 Å². The number of esters is 1. The van der Waals surface area contributed by atoms with E-state index >= 15 is 0 Å². The second-order valence-corrected chi connectivity index (χ2v) is 5.69. The zero-order chi connectivity index (χ0) is 17.5. The van der Waals surface area contributed by atoms with Crippen LogP contribution >= 0.6 is 11.8 Å². The van der Waals surface area contributed by atoms with Crippen LogP contribution in [0.3, 0.4) is 0 Å². The third kappa shape index (κ3) is 4.45. The summed E-state index contributed by atoms with van der Waals surface area (Å²) in [5.74, 6) is -0.465. The van der Waals surface area contributed by atoms with E-state index in [0.717, 1.165) is 17.4 Å². The number of nitrogen functional groups attached to an aromatic ring is 1. The van der Waals surface area contributed by atoms with Gasteiger partial charge in [0.25, 0.3) is 0 Å². The van der Waals surface area contributed by atoms with Gasteiger partial charge in [-0.05, 0) is 19.1 Å². The molecule has 1 heterocycles. The smallest absolute Gasteiger partial charge is 0.343 e. The fraction of sp³-hybridized carbons (Fsp3) is 0.250. The van der Waals surface area contributed by atoms with E-state index < -0.39 is 5.97 Å². The molecule has 0 spiro atoms. The van der Waals surface area contributed by atoms with E-state index in [2.05, 4.69) is 9.97 Å². The Morgan fingerprint density at radius 2 is 2.00 bits per heavy atom. The average molecular weight is 346 g/mol. The average Bonchev–Trinajstić information content (AvgIpc) is 2.60. The van der Waals surface area contributed by atoms with Crippen molar-refractivity contribution < 1.29 is 14.3 Å². The van der Waals surface area contributed by atoms with Gasteiger partial charge in [0.15, 0.2) is 5.16 Å². The van der Waals surface area contributed by atoms with E-state index in [9.17, 15) is 9.59 Å². The Balaban J connectivity index is 1.98. The molecular weight excluding hydrogens is 328 g/mol. The molecule has 2 aromatic rings. The van der Waals surface area contributed by atoms with Crippen molar-refractivity contribution in [2.75, 3.05) is 30.0 Å². The number of anilines is 2. The Morgan fingerprint density at radius 1 is 1.29 bits per heavy atom. The first kappa shape index (κ1) is 17.7. The van der Waals surface area contributed by atoms with Crippen molar-refractivity contribution in [3.63, 3.8) is 0 Å².